The molecule has 0 aliphatic heterocycles. The van der Waals surface area contributed by atoms with Crippen molar-refractivity contribution in [3.8, 4) is 0 Å². The summed E-state index contributed by atoms with van der Waals surface area (Å²) < 4.78 is 5.17. The van der Waals surface area contributed by atoms with Crippen molar-refractivity contribution in [1.82, 2.24) is 10.2 Å². The zero-order chi connectivity index (χ0) is 8.97. The highest BCUT2D eigenvalue weighted by molar-refractivity contribution is 4.87. The number of nitrogens with one attached hydrogen (secondary N) is 1. The molecule has 1 aliphatic rings. The highest BCUT2D eigenvalue weighted by Crippen LogP contribution is 2.26. The lowest BCUT2D eigenvalue weighted by Crippen LogP contribution is -2.43. The van der Waals surface area contributed by atoms with Gasteiger partial charge in [0.1, 0.15) is 0 Å². The van der Waals surface area contributed by atoms with Crippen molar-refractivity contribution in [3.05, 3.63) is 0 Å². The van der Waals surface area contributed by atoms with E-state index in [1.807, 2.05) is 7.05 Å². The number of hydrogen-bond acceptors (Lipinski definition) is 3. The van der Waals surface area contributed by atoms with Crippen LogP contribution in [0.3, 0.4) is 0 Å². The summed E-state index contributed by atoms with van der Waals surface area (Å²) in [6, 6.07) is 1.35. The molecule has 0 amide bonds. The topological polar surface area (TPSA) is 24.5 Å². The van der Waals surface area contributed by atoms with E-state index < -0.39 is 0 Å². The molecule has 12 heavy (non-hydrogen) atoms. The fourth-order valence-electron chi connectivity index (χ4n) is 1.53. The van der Waals surface area contributed by atoms with Crippen LogP contribution in [0.1, 0.15) is 12.8 Å². The molecule has 0 saturated heterocycles. The Morgan fingerprint density at radius 2 is 2.25 bits per heavy atom. The molecule has 1 N–H and O–H groups in total. The van der Waals surface area contributed by atoms with Crippen LogP contribution < -0.4 is 5.32 Å². The van der Waals surface area contributed by atoms with Crippen molar-refractivity contribution >= 4 is 0 Å². The van der Waals surface area contributed by atoms with E-state index in [1.165, 1.54) is 12.8 Å². The molecule has 1 unspecified atom stereocenters. The molecular formula is C9H20N2O. The average molecular weight is 172 g/mol. The molecule has 72 valence electrons. The lowest BCUT2D eigenvalue weighted by molar-refractivity contribution is 0.102. The molecular weight excluding hydrogens is 152 g/mol. The summed E-state index contributed by atoms with van der Waals surface area (Å²) >= 11 is 0. The molecule has 3 nitrogen and oxygen atoms in total. The fourth-order valence-corrected chi connectivity index (χ4v) is 1.53. The summed E-state index contributed by atoms with van der Waals surface area (Å²) in [4.78, 5) is 2.43. The van der Waals surface area contributed by atoms with E-state index >= 15 is 0 Å². The van der Waals surface area contributed by atoms with Crippen LogP contribution in [-0.4, -0.2) is 51.3 Å². The summed E-state index contributed by atoms with van der Waals surface area (Å²) in [5.74, 6) is 0. The molecule has 0 bridgehead atoms. The van der Waals surface area contributed by atoms with Crippen LogP contribution in [0.5, 0.6) is 0 Å². The van der Waals surface area contributed by atoms with Crippen molar-refractivity contribution < 1.29 is 4.74 Å². The van der Waals surface area contributed by atoms with Crippen LogP contribution in [0.4, 0.5) is 0 Å². The Hall–Kier alpha value is -0.120. The number of likely N-dealkylation sites (N-methyl/N-ethyl adjacent to an activating group) is 2. The molecule has 0 aromatic heterocycles. The fraction of sp³-hybridized carbons (Fsp3) is 1.00. The van der Waals surface area contributed by atoms with Gasteiger partial charge in [0.05, 0.1) is 6.61 Å². The van der Waals surface area contributed by atoms with Crippen LogP contribution in [0.2, 0.25) is 0 Å². The largest absolute Gasteiger partial charge is 0.383 e. The number of methoxy groups -OCH3 is 1. The predicted octanol–water partition coefficient (Wildman–Crippen LogP) is 0.315. The van der Waals surface area contributed by atoms with E-state index in [0.717, 1.165) is 19.2 Å². The van der Waals surface area contributed by atoms with Gasteiger partial charge in [0.2, 0.25) is 0 Å². The Bertz CT molecular complexity index is 120. The standard InChI is InChI=1S/C9H20N2O/c1-10-6-9(7-12-3)11(2)8-4-5-8/h8-10H,4-7H2,1-3H3. The Kier molecular flexibility index (Phi) is 3.98. The number of rotatable bonds is 6. The van der Waals surface area contributed by atoms with E-state index in [9.17, 15) is 0 Å². The lowest BCUT2D eigenvalue weighted by atomic mass is 10.2. The molecule has 1 aliphatic carbocycles. The van der Waals surface area contributed by atoms with Crippen molar-refractivity contribution in [2.24, 2.45) is 0 Å². The first kappa shape index (κ1) is 9.96. The molecule has 1 atom stereocenters. The van der Waals surface area contributed by atoms with Crippen LogP contribution in [0.15, 0.2) is 0 Å². The number of nitrogens with zero attached hydrogens (tertiary/aromatic N) is 1. The second kappa shape index (κ2) is 4.80. The third-order valence-corrected chi connectivity index (χ3v) is 2.50. The molecule has 3 heteroatoms. The van der Waals surface area contributed by atoms with E-state index in [1.54, 1.807) is 7.11 Å². The first-order valence-corrected chi connectivity index (χ1v) is 4.65. The average Bonchev–Trinajstić information content (AvgIpc) is 2.85. The minimum absolute atomic E-state index is 0.535. The van der Waals surface area contributed by atoms with Crippen molar-refractivity contribution in [3.63, 3.8) is 0 Å². The summed E-state index contributed by atoms with van der Waals surface area (Å²) in [6.07, 6.45) is 2.72. The van der Waals surface area contributed by atoms with Gasteiger partial charge in [-0.15, -0.1) is 0 Å². The highest BCUT2D eigenvalue weighted by atomic mass is 16.5. The second-order valence-electron chi connectivity index (χ2n) is 3.56. The highest BCUT2D eigenvalue weighted by Gasteiger charge is 2.30. The second-order valence-corrected chi connectivity index (χ2v) is 3.56. The molecule has 0 heterocycles. The minimum Gasteiger partial charge on any atom is -0.383 e. The Balaban J connectivity index is 2.28. The Labute approximate surface area is 75.1 Å². The van der Waals surface area contributed by atoms with Gasteiger partial charge in [0, 0.05) is 25.7 Å². The van der Waals surface area contributed by atoms with Gasteiger partial charge in [-0.25, -0.2) is 0 Å². The van der Waals surface area contributed by atoms with Crippen LogP contribution >= 0.6 is 0 Å². The van der Waals surface area contributed by atoms with Gasteiger partial charge in [-0.05, 0) is 26.9 Å². The third-order valence-electron chi connectivity index (χ3n) is 2.50. The predicted molar refractivity (Wildman–Crippen MR) is 50.4 cm³/mol. The molecule has 1 fully saturated rings. The van der Waals surface area contributed by atoms with Crippen molar-refractivity contribution in [2.45, 2.75) is 24.9 Å². The summed E-state index contributed by atoms with van der Waals surface area (Å²) in [6.45, 7) is 1.84. The van der Waals surface area contributed by atoms with E-state index in [2.05, 4.69) is 17.3 Å². The monoisotopic (exact) mass is 172 g/mol. The maximum atomic E-state index is 5.17. The molecule has 0 aromatic carbocycles. The van der Waals surface area contributed by atoms with Crippen LogP contribution in [0.25, 0.3) is 0 Å². The maximum Gasteiger partial charge on any atom is 0.0630 e. The summed E-state index contributed by atoms with van der Waals surface area (Å²) in [5.41, 5.74) is 0. The van der Waals surface area contributed by atoms with Crippen molar-refractivity contribution in [1.29, 1.82) is 0 Å². The SMILES string of the molecule is CNCC(COC)N(C)C1CC1. The van der Waals surface area contributed by atoms with Gasteiger partial charge in [-0.3, -0.25) is 4.90 Å². The Morgan fingerprint density at radius 3 is 2.67 bits per heavy atom. The Morgan fingerprint density at radius 1 is 1.58 bits per heavy atom. The quantitative estimate of drug-likeness (QED) is 0.624. The van der Waals surface area contributed by atoms with Gasteiger partial charge in [-0.2, -0.15) is 0 Å². The smallest absolute Gasteiger partial charge is 0.0630 e. The maximum absolute atomic E-state index is 5.17. The van der Waals surface area contributed by atoms with Gasteiger partial charge in [-0.1, -0.05) is 0 Å². The minimum atomic E-state index is 0.535. The van der Waals surface area contributed by atoms with Gasteiger partial charge in [0.15, 0.2) is 0 Å². The number of ether oxygens (including phenoxy) is 1. The summed E-state index contributed by atoms with van der Waals surface area (Å²) in [7, 11) is 5.95. The first-order valence-electron chi connectivity index (χ1n) is 4.65. The van der Waals surface area contributed by atoms with Crippen LogP contribution in [0, 0.1) is 0 Å². The van der Waals surface area contributed by atoms with Gasteiger partial charge in [0.25, 0.3) is 0 Å². The van der Waals surface area contributed by atoms with E-state index in [-0.39, 0.29) is 0 Å². The van der Waals surface area contributed by atoms with Gasteiger partial charge < -0.3 is 10.1 Å². The number of hydrogen-bond donors (Lipinski definition) is 1. The molecule has 1 rings (SSSR count). The van der Waals surface area contributed by atoms with E-state index in [4.69, 9.17) is 4.74 Å². The lowest BCUT2D eigenvalue weighted by Gasteiger charge is -2.27. The van der Waals surface area contributed by atoms with Crippen LogP contribution in [-0.2, 0) is 4.74 Å². The molecule has 1 saturated carbocycles. The third kappa shape index (κ3) is 2.73. The summed E-state index contributed by atoms with van der Waals surface area (Å²) in [5, 5.41) is 3.19. The molecule has 0 radical (unpaired) electrons. The zero-order valence-electron chi connectivity index (χ0n) is 8.34. The molecule has 0 spiro atoms. The normalized spacial score (nSPS) is 20.0. The van der Waals surface area contributed by atoms with Gasteiger partial charge >= 0.3 is 0 Å². The van der Waals surface area contributed by atoms with Crippen molar-refractivity contribution in [2.75, 3.05) is 34.4 Å². The zero-order valence-corrected chi connectivity index (χ0v) is 8.34. The molecule has 0 aromatic rings. The first-order chi connectivity index (χ1) is 5.79. The van der Waals surface area contributed by atoms with E-state index in [0.29, 0.717) is 6.04 Å².